The van der Waals surface area contributed by atoms with Gasteiger partial charge in [-0.25, -0.2) is 0 Å². The van der Waals surface area contributed by atoms with E-state index in [1.807, 2.05) is 12.1 Å². The van der Waals surface area contributed by atoms with Gasteiger partial charge in [0.25, 0.3) is 0 Å². The number of alkyl halides is 3. The van der Waals surface area contributed by atoms with Gasteiger partial charge in [-0.3, -0.25) is 4.98 Å². The van der Waals surface area contributed by atoms with Crippen molar-refractivity contribution in [1.29, 1.82) is 0 Å². The summed E-state index contributed by atoms with van der Waals surface area (Å²) in [5.74, 6) is 0. The van der Waals surface area contributed by atoms with Gasteiger partial charge in [-0.2, -0.15) is 13.2 Å². The Morgan fingerprint density at radius 1 is 1.17 bits per heavy atom. The van der Waals surface area contributed by atoms with Gasteiger partial charge in [0.15, 0.2) is 0 Å². The lowest BCUT2D eigenvalue weighted by Crippen LogP contribution is -2.26. The molecule has 1 aromatic carbocycles. The Morgan fingerprint density at radius 2 is 1.96 bits per heavy atom. The Bertz CT molecular complexity index is 699. The summed E-state index contributed by atoms with van der Waals surface area (Å²) in [5.41, 5.74) is 1.93. The molecule has 1 unspecified atom stereocenters. The predicted octanol–water partition coefficient (Wildman–Crippen LogP) is 3.38. The third-order valence-electron chi connectivity index (χ3n) is 3.71. The monoisotopic (exact) mass is 335 g/mol. The zero-order valence-corrected chi connectivity index (χ0v) is 12.8. The molecule has 3 rings (SSSR count). The highest BCUT2D eigenvalue weighted by atomic mass is 19.4. The van der Waals surface area contributed by atoms with E-state index in [0.717, 1.165) is 29.0 Å². The van der Waals surface area contributed by atoms with Crippen LogP contribution in [0, 0.1) is 0 Å². The van der Waals surface area contributed by atoms with Crippen LogP contribution >= 0.6 is 0 Å². The summed E-state index contributed by atoms with van der Waals surface area (Å²) >= 11 is 0. The molecule has 0 fully saturated rings. The zero-order chi connectivity index (χ0) is 17.0. The van der Waals surface area contributed by atoms with Crippen LogP contribution < -0.4 is 5.32 Å². The van der Waals surface area contributed by atoms with Gasteiger partial charge in [0.05, 0.1) is 11.3 Å². The number of hydrogen-bond donors (Lipinski definition) is 1. The first-order chi connectivity index (χ1) is 11.5. The van der Waals surface area contributed by atoms with Gasteiger partial charge in [0, 0.05) is 37.5 Å². The number of hydrogen-bond acceptors (Lipinski definition) is 4. The molecule has 1 aliphatic heterocycles. The van der Waals surface area contributed by atoms with Crippen molar-refractivity contribution in [2.24, 2.45) is 5.16 Å². The number of nitrogens with one attached hydrogen (secondary N) is 1. The summed E-state index contributed by atoms with van der Waals surface area (Å²) in [6.07, 6.45) is -0.284. The van der Waals surface area contributed by atoms with Crippen LogP contribution in [0.4, 0.5) is 13.2 Å². The Balaban J connectivity index is 1.45. The normalized spacial score (nSPS) is 17.5. The lowest BCUT2D eigenvalue weighted by molar-refractivity contribution is -0.137. The summed E-state index contributed by atoms with van der Waals surface area (Å²) in [7, 11) is 0. The van der Waals surface area contributed by atoms with E-state index in [1.54, 1.807) is 12.4 Å². The van der Waals surface area contributed by atoms with Crippen LogP contribution in [0.5, 0.6) is 0 Å². The maximum Gasteiger partial charge on any atom is 0.416 e. The number of rotatable bonds is 5. The largest absolute Gasteiger partial charge is 0.416 e. The van der Waals surface area contributed by atoms with Crippen molar-refractivity contribution in [1.82, 2.24) is 10.3 Å². The summed E-state index contributed by atoms with van der Waals surface area (Å²) in [4.78, 5) is 9.42. The van der Waals surface area contributed by atoms with Crippen molar-refractivity contribution < 1.29 is 18.0 Å². The quantitative estimate of drug-likeness (QED) is 0.911. The second-order valence-corrected chi connectivity index (χ2v) is 5.54. The molecule has 2 heterocycles. The van der Waals surface area contributed by atoms with E-state index in [2.05, 4.69) is 15.5 Å². The first-order valence-electron chi connectivity index (χ1n) is 7.52. The number of benzene rings is 1. The molecule has 1 atom stereocenters. The first kappa shape index (κ1) is 16.4. The van der Waals surface area contributed by atoms with E-state index in [-0.39, 0.29) is 6.10 Å². The molecule has 0 saturated heterocycles. The third-order valence-corrected chi connectivity index (χ3v) is 3.71. The Labute approximate surface area is 137 Å². The van der Waals surface area contributed by atoms with Gasteiger partial charge in [0.1, 0.15) is 6.10 Å². The van der Waals surface area contributed by atoms with Crippen molar-refractivity contribution in [3.8, 4) is 0 Å². The van der Waals surface area contributed by atoms with E-state index in [4.69, 9.17) is 4.84 Å². The number of pyridine rings is 1. The van der Waals surface area contributed by atoms with E-state index in [1.165, 1.54) is 12.1 Å². The van der Waals surface area contributed by atoms with Crippen LogP contribution in [0.1, 0.15) is 23.1 Å². The third kappa shape index (κ3) is 4.11. The molecule has 0 aliphatic carbocycles. The Morgan fingerprint density at radius 3 is 2.62 bits per heavy atom. The summed E-state index contributed by atoms with van der Waals surface area (Å²) in [6.45, 7) is 1.04. The molecule has 24 heavy (non-hydrogen) atoms. The average Bonchev–Trinajstić information content (AvgIpc) is 3.04. The second kappa shape index (κ2) is 7.00. The lowest BCUT2D eigenvalue weighted by atomic mass is 10.1. The molecule has 1 aromatic heterocycles. The molecule has 0 saturated carbocycles. The molecule has 0 radical (unpaired) electrons. The molecular formula is C17H16F3N3O. The summed E-state index contributed by atoms with van der Waals surface area (Å²) < 4.78 is 37.5. The van der Waals surface area contributed by atoms with Gasteiger partial charge in [-0.1, -0.05) is 17.3 Å². The van der Waals surface area contributed by atoms with Gasteiger partial charge < -0.3 is 10.2 Å². The summed E-state index contributed by atoms with van der Waals surface area (Å²) in [5, 5.41) is 7.24. The molecule has 0 amide bonds. The van der Waals surface area contributed by atoms with Crippen LogP contribution in [0.15, 0.2) is 53.9 Å². The molecular weight excluding hydrogens is 319 g/mol. The molecule has 0 bridgehead atoms. The maximum absolute atomic E-state index is 12.5. The standard InChI is InChI=1S/C17H16F3N3O/c18-17(19,20)14-5-3-12(4-6-14)9-22-11-15-8-16(23-24-15)13-2-1-7-21-10-13/h1-7,10,15,22H,8-9,11H2. The smallest absolute Gasteiger partial charge is 0.390 e. The van der Waals surface area contributed by atoms with Crippen molar-refractivity contribution in [3.05, 3.63) is 65.5 Å². The Kier molecular flexibility index (Phi) is 4.80. The second-order valence-electron chi connectivity index (χ2n) is 5.54. The zero-order valence-electron chi connectivity index (χ0n) is 12.8. The molecule has 126 valence electrons. The SMILES string of the molecule is FC(F)(F)c1ccc(CNCC2CC(c3cccnc3)=NO2)cc1. The van der Waals surface area contributed by atoms with Crippen LogP contribution in [-0.4, -0.2) is 23.3 Å². The minimum atomic E-state index is -4.30. The molecule has 0 spiro atoms. The van der Waals surface area contributed by atoms with E-state index in [0.29, 0.717) is 19.5 Å². The minimum absolute atomic E-state index is 0.0883. The maximum atomic E-state index is 12.5. The molecule has 1 N–H and O–H groups in total. The lowest BCUT2D eigenvalue weighted by Gasteiger charge is -2.11. The van der Waals surface area contributed by atoms with Crippen molar-refractivity contribution >= 4 is 5.71 Å². The van der Waals surface area contributed by atoms with Gasteiger partial charge in [-0.05, 0) is 29.8 Å². The molecule has 2 aromatic rings. The van der Waals surface area contributed by atoms with Crippen molar-refractivity contribution in [3.63, 3.8) is 0 Å². The average molecular weight is 335 g/mol. The highest BCUT2D eigenvalue weighted by Crippen LogP contribution is 2.29. The number of aromatic nitrogens is 1. The first-order valence-corrected chi connectivity index (χ1v) is 7.52. The Hall–Kier alpha value is -2.41. The highest BCUT2D eigenvalue weighted by molar-refractivity contribution is 6.00. The van der Waals surface area contributed by atoms with Crippen LogP contribution in [0.25, 0.3) is 0 Å². The number of nitrogens with zero attached hydrogens (tertiary/aromatic N) is 2. The molecule has 7 heteroatoms. The van der Waals surface area contributed by atoms with Gasteiger partial charge in [0.2, 0.25) is 0 Å². The summed E-state index contributed by atoms with van der Waals surface area (Å²) in [6, 6.07) is 8.90. The molecule has 4 nitrogen and oxygen atoms in total. The van der Waals surface area contributed by atoms with E-state index < -0.39 is 11.7 Å². The fourth-order valence-corrected chi connectivity index (χ4v) is 2.43. The van der Waals surface area contributed by atoms with Crippen LogP contribution in [0.3, 0.4) is 0 Å². The fraction of sp³-hybridized carbons (Fsp3) is 0.294. The van der Waals surface area contributed by atoms with E-state index in [9.17, 15) is 13.2 Å². The van der Waals surface area contributed by atoms with Crippen LogP contribution in [0.2, 0.25) is 0 Å². The minimum Gasteiger partial charge on any atom is -0.390 e. The predicted molar refractivity (Wildman–Crippen MR) is 83.4 cm³/mol. The van der Waals surface area contributed by atoms with Gasteiger partial charge in [-0.15, -0.1) is 0 Å². The van der Waals surface area contributed by atoms with Crippen molar-refractivity contribution in [2.75, 3.05) is 6.54 Å². The molecule has 1 aliphatic rings. The number of halogens is 3. The van der Waals surface area contributed by atoms with E-state index >= 15 is 0 Å². The number of oxime groups is 1. The fourth-order valence-electron chi connectivity index (χ4n) is 2.43. The van der Waals surface area contributed by atoms with Gasteiger partial charge >= 0.3 is 6.18 Å². The van der Waals surface area contributed by atoms with Crippen molar-refractivity contribution in [2.45, 2.75) is 25.2 Å². The topological polar surface area (TPSA) is 46.5 Å². The van der Waals surface area contributed by atoms with Crippen LogP contribution in [-0.2, 0) is 17.6 Å². The highest BCUT2D eigenvalue weighted by Gasteiger charge is 2.29.